The molecule has 2 aliphatic carbocycles. The number of piperazine rings is 1. The van der Waals surface area contributed by atoms with Gasteiger partial charge in [0.1, 0.15) is 6.61 Å². The predicted molar refractivity (Wildman–Crippen MR) is 130 cm³/mol. The summed E-state index contributed by atoms with van der Waals surface area (Å²) in [5.41, 5.74) is 4.69. The number of hydrogen-bond acceptors (Lipinski definition) is 5. The Morgan fingerprint density at radius 3 is 2.17 bits per heavy atom. The number of carbonyl (C=O) groups is 3. The van der Waals surface area contributed by atoms with E-state index in [1.54, 1.807) is 4.90 Å². The van der Waals surface area contributed by atoms with Crippen molar-refractivity contribution in [3.8, 4) is 11.1 Å². The van der Waals surface area contributed by atoms with Crippen LogP contribution in [-0.2, 0) is 14.3 Å². The highest BCUT2D eigenvalue weighted by atomic mass is 16.5. The molecule has 3 aliphatic rings. The molecule has 2 aromatic carbocycles. The van der Waals surface area contributed by atoms with Gasteiger partial charge in [-0.15, -0.1) is 0 Å². The highest BCUT2D eigenvalue weighted by Gasteiger charge is 2.38. The van der Waals surface area contributed by atoms with Crippen LogP contribution in [0.5, 0.6) is 0 Å². The van der Waals surface area contributed by atoms with E-state index in [2.05, 4.69) is 29.6 Å². The lowest BCUT2D eigenvalue weighted by Crippen LogP contribution is -2.53. The number of carboxylic acid groups (broad SMARTS) is 1. The molecule has 1 saturated carbocycles. The molecule has 0 bridgehead atoms. The highest BCUT2D eigenvalue weighted by Crippen LogP contribution is 2.44. The van der Waals surface area contributed by atoms with Gasteiger partial charge in [0, 0.05) is 38.1 Å². The molecule has 5 rings (SSSR count). The number of aliphatic carboxylic acids is 1. The van der Waals surface area contributed by atoms with Gasteiger partial charge in [0.25, 0.3) is 0 Å². The van der Waals surface area contributed by atoms with E-state index < -0.39 is 12.1 Å². The fourth-order valence-corrected chi connectivity index (χ4v) is 5.77. The summed E-state index contributed by atoms with van der Waals surface area (Å²) in [5.74, 6) is -1.08. The monoisotopic (exact) mass is 477 g/mol. The number of nitrogens with one attached hydrogen (secondary N) is 1. The number of hydrogen-bond donors (Lipinski definition) is 2. The molecule has 184 valence electrons. The van der Waals surface area contributed by atoms with Gasteiger partial charge in [0.05, 0.1) is 12.5 Å². The first kappa shape index (κ1) is 23.4. The second-order valence-electron chi connectivity index (χ2n) is 9.61. The van der Waals surface area contributed by atoms with Gasteiger partial charge < -0.3 is 20.1 Å². The average Bonchev–Trinajstić information content (AvgIpc) is 3.45. The van der Waals surface area contributed by atoms with Gasteiger partial charge in [-0.2, -0.15) is 0 Å². The van der Waals surface area contributed by atoms with Crippen LogP contribution >= 0.6 is 0 Å². The number of rotatable bonds is 6. The smallest absolute Gasteiger partial charge is 0.407 e. The van der Waals surface area contributed by atoms with Crippen LogP contribution in [0.2, 0.25) is 0 Å². The lowest BCUT2D eigenvalue weighted by molar-refractivity contribution is -0.140. The molecule has 2 aromatic rings. The molecule has 1 saturated heterocycles. The standard InChI is InChI=1S/C27H31N3O5/c31-25(32)16-29-12-14-30(15-13-29)26(33)22-10-5-11-24(22)28-27(34)35-17-23-20-8-3-1-6-18(20)19-7-2-4-9-21(19)23/h1-4,6-9,22-24H,5,10-17H2,(H,28,34)(H,31,32). The topological polar surface area (TPSA) is 99.2 Å². The highest BCUT2D eigenvalue weighted by molar-refractivity contribution is 5.81. The Bertz CT molecular complexity index is 1070. The Kier molecular flexibility index (Phi) is 6.72. The van der Waals surface area contributed by atoms with Gasteiger partial charge in [-0.3, -0.25) is 14.5 Å². The second kappa shape index (κ2) is 10.1. The average molecular weight is 478 g/mol. The van der Waals surface area contributed by atoms with Gasteiger partial charge in [-0.1, -0.05) is 55.0 Å². The maximum atomic E-state index is 13.2. The molecular weight excluding hydrogens is 446 g/mol. The van der Waals surface area contributed by atoms with Gasteiger partial charge in [0.15, 0.2) is 0 Å². The Labute approximate surface area is 204 Å². The van der Waals surface area contributed by atoms with Crippen LogP contribution < -0.4 is 5.32 Å². The summed E-state index contributed by atoms with van der Waals surface area (Å²) in [4.78, 5) is 40.5. The van der Waals surface area contributed by atoms with E-state index >= 15 is 0 Å². The zero-order valence-corrected chi connectivity index (χ0v) is 19.7. The number of carboxylic acids is 1. The molecule has 8 nitrogen and oxygen atoms in total. The minimum Gasteiger partial charge on any atom is -0.480 e. The molecule has 2 N–H and O–H groups in total. The van der Waals surface area contributed by atoms with Gasteiger partial charge >= 0.3 is 12.1 Å². The second-order valence-corrected chi connectivity index (χ2v) is 9.61. The van der Waals surface area contributed by atoms with Crippen molar-refractivity contribution >= 4 is 18.0 Å². The number of ether oxygens (including phenoxy) is 1. The van der Waals surface area contributed by atoms with Crippen molar-refractivity contribution in [2.24, 2.45) is 5.92 Å². The van der Waals surface area contributed by atoms with Crippen molar-refractivity contribution in [1.82, 2.24) is 15.1 Å². The summed E-state index contributed by atoms with van der Waals surface area (Å²) in [6, 6.07) is 16.2. The number of benzene rings is 2. The Balaban J connectivity index is 1.16. The van der Waals surface area contributed by atoms with Gasteiger partial charge in [-0.05, 0) is 35.1 Å². The maximum absolute atomic E-state index is 13.2. The molecule has 2 unspecified atom stereocenters. The van der Waals surface area contributed by atoms with Crippen LogP contribution in [0.4, 0.5) is 4.79 Å². The summed E-state index contributed by atoms with van der Waals surface area (Å²) >= 11 is 0. The SMILES string of the molecule is O=C(O)CN1CCN(C(=O)C2CCCC2NC(=O)OCC2c3ccccc3-c3ccccc32)CC1. The number of fused-ring (bicyclic) bond motifs is 3. The molecule has 2 atom stereocenters. The van der Waals surface area contributed by atoms with E-state index in [0.717, 1.165) is 30.4 Å². The van der Waals surface area contributed by atoms with Crippen molar-refractivity contribution in [2.45, 2.75) is 31.2 Å². The van der Waals surface area contributed by atoms with Crippen LogP contribution in [0, 0.1) is 5.92 Å². The normalized spacial score (nSPS) is 21.9. The van der Waals surface area contributed by atoms with Crippen LogP contribution in [-0.4, -0.2) is 78.2 Å². The third-order valence-electron chi connectivity index (χ3n) is 7.52. The number of nitrogens with zero attached hydrogens (tertiary/aromatic N) is 2. The van der Waals surface area contributed by atoms with E-state index in [1.165, 1.54) is 11.1 Å². The molecule has 0 aromatic heterocycles. The third-order valence-corrected chi connectivity index (χ3v) is 7.52. The van der Waals surface area contributed by atoms with E-state index in [0.29, 0.717) is 26.2 Å². The van der Waals surface area contributed by atoms with E-state index in [1.807, 2.05) is 29.2 Å². The van der Waals surface area contributed by atoms with Crippen LogP contribution in [0.25, 0.3) is 11.1 Å². The number of carbonyl (C=O) groups excluding carboxylic acids is 2. The predicted octanol–water partition coefficient (Wildman–Crippen LogP) is 2.92. The molecule has 0 spiro atoms. The minimum atomic E-state index is -0.854. The molecular formula is C27H31N3O5. The number of amides is 2. The van der Waals surface area contributed by atoms with Gasteiger partial charge in [-0.25, -0.2) is 4.79 Å². The molecule has 1 heterocycles. The molecule has 35 heavy (non-hydrogen) atoms. The summed E-state index contributed by atoms with van der Waals surface area (Å²) in [7, 11) is 0. The third kappa shape index (κ3) is 4.89. The zero-order chi connectivity index (χ0) is 24.4. The van der Waals surface area contributed by atoms with Crippen LogP contribution in [0.15, 0.2) is 48.5 Å². The zero-order valence-electron chi connectivity index (χ0n) is 19.7. The Hall–Kier alpha value is -3.39. The van der Waals surface area contributed by atoms with Crippen molar-refractivity contribution in [2.75, 3.05) is 39.3 Å². The fourth-order valence-electron chi connectivity index (χ4n) is 5.77. The van der Waals surface area contributed by atoms with Crippen molar-refractivity contribution in [3.05, 3.63) is 59.7 Å². The van der Waals surface area contributed by atoms with Crippen molar-refractivity contribution in [1.29, 1.82) is 0 Å². The van der Waals surface area contributed by atoms with E-state index in [9.17, 15) is 14.4 Å². The molecule has 8 heteroatoms. The van der Waals surface area contributed by atoms with Crippen molar-refractivity contribution < 1.29 is 24.2 Å². The summed E-state index contributed by atoms with van der Waals surface area (Å²) < 4.78 is 5.69. The molecule has 2 fully saturated rings. The fraction of sp³-hybridized carbons (Fsp3) is 0.444. The Morgan fingerprint density at radius 1 is 0.914 bits per heavy atom. The minimum absolute atomic E-state index is 0.00256. The lowest BCUT2D eigenvalue weighted by atomic mass is 9.98. The largest absolute Gasteiger partial charge is 0.480 e. The van der Waals surface area contributed by atoms with Gasteiger partial charge in [0.2, 0.25) is 5.91 Å². The molecule has 0 radical (unpaired) electrons. The van der Waals surface area contributed by atoms with E-state index in [-0.39, 0.29) is 36.9 Å². The first-order valence-electron chi connectivity index (χ1n) is 12.4. The first-order valence-corrected chi connectivity index (χ1v) is 12.4. The number of alkyl carbamates (subject to hydrolysis) is 1. The first-order chi connectivity index (χ1) is 17.0. The summed E-state index contributed by atoms with van der Waals surface area (Å²) in [6.45, 7) is 2.37. The van der Waals surface area contributed by atoms with E-state index in [4.69, 9.17) is 9.84 Å². The van der Waals surface area contributed by atoms with Crippen LogP contribution in [0.3, 0.4) is 0 Å². The lowest BCUT2D eigenvalue weighted by Gasteiger charge is -2.36. The van der Waals surface area contributed by atoms with Crippen LogP contribution in [0.1, 0.15) is 36.3 Å². The molecule has 1 aliphatic heterocycles. The maximum Gasteiger partial charge on any atom is 0.407 e. The molecule has 2 amide bonds. The quantitative estimate of drug-likeness (QED) is 0.664. The van der Waals surface area contributed by atoms with Crippen molar-refractivity contribution in [3.63, 3.8) is 0 Å². The summed E-state index contributed by atoms with van der Waals surface area (Å²) in [6.07, 6.45) is 1.88. The Morgan fingerprint density at radius 2 is 1.54 bits per heavy atom. The summed E-state index contributed by atoms with van der Waals surface area (Å²) in [5, 5.41) is 11.9.